The van der Waals surface area contributed by atoms with Crippen LogP contribution in [0.5, 0.6) is 0 Å². The van der Waals surface area contributed by atoms with Gasteiger partial charge in [0.05, 0.1) is 11.5 Å². The minimum absolute atomic E-state index is 0.0392. The minimum Gasteiger partial charge on any atom is -0.478 e. The molecule has 2 fully saturated rings. The first kappa shape index (κ1) is 21.5. The van der Waals surface area contributed by atoms with Gasteiger partial charge in [0.1, 0.15) is 12.2 Å². The summed E-state index contributed by atoms with van der Waals surface area (Å²) in [4.78, 5) is 33.5. The van der Waals surface area contributed by atoms with Crippen molar-refractivity contribution in [2.45, 2.75) is 57.3 Å². The maximum atomic E-state index is 12.4. The van der Waals surface area contributed by atoms with E-state index in [4.69, 9.17) is 21.1 Å². The minimum atomic E-state index is -1.26. The average molecular weight is 410 g/mol. The highest BCUT2D eigenvalue weighted by atomic mass is 16.6. The number of esters is 1. The van der Waals surface area contributed by atoms with Crippen molar-refractivity contribution >= 4 is 17.9 Å². The number of carboxylic acid groups (broad SMARTS) is 2. The van der Waals surface area contributed by atoms with Gasteiger partial charge < -0.3 is 24.6 Å². The SMILES string of the molecule is O=C(O)/C=C/C(=O)O.[2H][C@@]1(CN(C)C)C(=O)O[C@H]2[C@H]1CC/C(C)=C/CC[C@@]1(C)O[C@@H]21. The number of carbonyl (C=O) groups is 3. The van der Waals surface area contributed by atoms with Crippen molar-refractivity contribution in [2.75, 3.05) is 20.6 Å². The van der Waals surface area contributed by atoms with E-state index in [-0.39, 0.29) is 29.7 Å². The van der Waals surface area contributed by atoms with Crippen molar-refractivity contribution < 1.29 is 35.4 Å². The van der Waals surface area contributed by atoms with E-state index >= 15 is 0 Å². The van der Waals surface area contributed by atoms with Crippen molar-refractivity contribution in [1.82, 2.24) is 4.90 Å². The highest BCUT2D eigenvalue weighted by Gasteiger charge is 2.62. The summed E-state index contributed by atoms with van der Waals surface area (Å²) >= 11 is 0. The molecule has 0 aromatic rings. The number of carboxylic acids is 2. The molecular weight excluding hydrogens is 378 g/mol. The van der Waals surface area contributed by atoms with E-state index in [9.17, 15) is 14.4 Å². The van der Waals surface area contributed by atoms with Gasteiger partial charge in [0, 0.05) is 26.0 Å². The molecule has 5 atom stereocenters. The third-order valence-corrected chi connectivity index (χ3v) is 5.43. The van der Waals surface area contributed by atoms with Crippen molar-refractivity contribution in [3.8, 4) is 0 Å². The highest BCUT2D eigenvalue weighted by Crippen LogP contribution is 2.50. The molecule has 0 unspecified atom stereocenters. The Bertz CT molecular complexity index is 734. The fourth-order valence-corrected chi connectivity index (χ4v) is 3.87. The van der Waals surface area contributed by atoms with Crippen LogP contribution in [0.2, 0.25) is 0 Å². The average Bonchev–Trinajstić information content (AvgIpc) is 3.22. The number of rotatable bonds is 4. The van der Waals surface area contributed by atoms with Crippen molar-refractivity contribution in [2.24, 2.45) is 11.8 Å². The second-order valence-corrected chi connectivity index (χ2v) is 8.23. The zero-order chi connectivity index (χ0) is 22.7. The number of aliphatic carboxylic acids is 2. The van der Waals surface area contributed by atoms with Crippen LogP contribution in [0.1, 0.15) is 40.9 Å². The number of hydrogen-bond donors (Lipinski definition) is 2. The van der Waals surface area contributed by atoms with Crippen LogP contribution in [-0.2, 0) is 23.9 Å². The lowest BCUT2D eigenvalue weighted by Crippen LogP contribution is -2.34. The van der Waals surface area contributed by atoms with Gasteiger partial charge in [0.15, 0.2) is 0 Å². The smallest absolute Gasteiger partial charge is 0.328 e. The number of epoxide rings is 1. The van der Waals surface area contributed by atoms with Gasteiger partial charge in [-0.3, -0.25) is 4.79 Å². The maximum absolute atomic E-state index is 12.4. The van der Waals surface area contributed by atoms with Gasteiger partial charge in [-0.25, -0.2) is 9.59 Å². The Morgan fingerprint density at radius 1 is 1.34 bits per heavy atom. The van der Waals surface area contributed by atoms with Gasteiger partial charge in [0.25, 0.3) is 0 Å². The first-order chi connectivity index (χ1) is 13.9. The Morgan fingerprint density at radius 3 is 2.52 bits per heavy atom. The Morgan fingerprint density at radius 2 is 1.97 bits per heavy atom. The summed E-state index contributed by atoms with van der Waals surface area (Å²) in [5.41, 5.74) is 1.15. The Kier molecular flexibility index (Phi) is 7.08. The lowest BCUT2D eigenvalue weighted by Gasteiger charge is -2.23. The summed E-state index contributed by atoms with van der Waals surface area (Å²) in [7, 11) is 3.81. The molecule has 0 aromatic heterocycles. The molecule has 2 N–H and O–H groups in total. The molecule has 2 heterocycles. The zero-order valence-electron chi connectivity index (χ0n) is 18.4. The predicted octanol–water partition coefficient (Wildman–Crippen LogP) is 2.10. The van der Waals surface area contributed by atoms with Gasteiger partial charge in [-0.15, -0.1) is 0 Å². The Hall–Kier alpha value is -2.19. The van der Waals surface area contributed by atoms with E-state index in [0.717, 1.165) is 25.7 Å². The third kappa shape index (κ3) is 6.40. The van der Waals surface area contributed by atoms with Gasteiger partial charge in [0.2, 0.25) is 0 Å². The predicted molar refractivity (Wildman–Crippen MR) is 105 cm³/mol. The molecule has 0 spiro atoms. The molecular formula is C21H31NO7. The van der Waals surface area contributed by atoms with Crippen LogP contribution in [0, 0.1) is 11.8 Å². The summed E-state index contributed by atoms with van der Waals surface area (Å²) in [6, 6.07) is 0. The number of hydrogen-bond acceptors (Lipinski definition) is 6. The van der Waals surface area contributed by atoms with Crippen LogP contribution < -0.4 is 0 Å². The molecule has 1 aliphatic carbocycles. The van der Waals surface area contributed by atoms with Crippen LogP contribution in [0.4, 0.5) is 0 Å². The molecule has 3 rings (SSSR count). The standard InChI is InChI=1S/C17H27NO3.C4H4O4/c1-11-6-5-9-17(2)15(21-17)14-12(8-7-11)13(10-18(3)4)16(19)20-14;5-3(6)1-2-4(7)8/h6,12-15H,5,7-10H2,1-4H3;1-2H,(H,5,6)(H,7,8)/b11-6+;2-1+/t12-,13-,14-,15-,17+;/m0./s1/i13D;. The number of fused-ring (bicyclic) bond motifs is 3. The maximum Gasteiger partial charge on any atom is 0.328 e. The van der Waals surface area contributed by atoms with Crippen molar-refractivity contribution in [1.29, 1.82) is 0 Å². The molecule has 8 heteroatoms. The van der Waals surface area contributed by atoms with Crippen molar-refractivity contribution in [3.05, 3.63) is 23.8 Å². The van der Waals surface area contributed by atoms with Crippen LogP contribution in [0.3, 0.4) is 0 Å². The highest BCUT2D eigenvalue weighted by molar-refractivity contribution is 5.89. The second kappa shape index (κ2) is 9.54. The van der Waals surface area contributed by atoms with E-state index in [1.807, 2.05) is 19.0 Å². The van der Waals surface area contributed by atoms with Crippen LogP contribution >= 0.6 is 0 Å². The molecule has 2 saturated heterocycles. The summed E-state index contributed by atoms with van der Waals surface area (Å²) in [5, 5.41) is 15.6. The van der Waals surface area contributed by atoms with E-state index < -0.39 is 17.8 Å². The fourth-order valence-electron chi connectivity index (χ4n) is 3.87. The number of ether oxygens (including phenoxy) is 2. The quantitative estimate of drug-likeness (QED) is 0.313. The molecule has 0 bridgehead atoms. The monoisotopic (exact) mass is 410 g/mol. The Labute approximate surface area is 172 Å². The van der Waals surface area contributed by atoms with Gasteiger partial charge in [-0.05, 0) is 53.6 Å². The molecule has 0 radical (unpaired) electrons. The van der Waals surface area contributed by atoms with Crippen molar-refractivity contribution in [3.63, 3.8) is 0 Å². The molecule has 0 aromatic carbocycles. The third-order valence-electron chi connectivity index (χ3n) is 5.43. The van der Waals surface area contributed by atoms with E-state index in [2.05, 4.69) is 19.9 Å². The number of nitrogens with zero attached hydrogens (tertiary/aromatic N) is 1. The molecule has 3 aliphatic rings. The van der Waals surface area contributed by atoms with Gasteiger partial charge in [-0.1, -0.05) is 11.6 Å². The lowest BCUT2D eigenvalue weighted by atomic mass is 9.80. The van der Waals surface area contributed by atoms with Crippen LogP contribution in [0.25, 0.3) is 0 Å². The largest absolute Gasteiger partial charge is 0.478 e. The first-order valence-electron chi connectivity index (χ1n) is 10.2. The molecule has 162 valence electrons. The van der Waals surface area contributed by atoms with E-state index in [1.165, 1.54) is 5.57 Å². The van der Waals surface area contributed by atoms with E-state index in [0.29, 0.717) is 18.7 Å². The summed E-state index contributed by atoms with van der Waals surface area (Å²) in [6.45, 7) is 4.64. The normalized spacial score (nSPS) is 38.5. The fraction of sp³-hybridized carbons (Fsp3) is 0.667. The molecule has 2 aliphatic heterocycles. The molecule has 0 saturated carbocycles. The molecule has 0 amide bonds. The first-order valence-corrected chi connectivity index (χ1v) is 9.72. The number of allylic oxidation sites excluding steroid dienone is 2. The number of carbonyl (C=O) groups excluding carboxylic acids is 1. The van der Waals surface area contributed by atoms with E-state index in [1.54, 1.807) is 0 Å². The molecule has 29 heavy (non-hydrogen) atoms. The summed E-state index contributed by atoms with van der Waals surface area (Å²) in [6.07, 6.45) is 6.79. The molecule has 8 nitrogen and oxygen atoms in total. The summed E-state index contributed by atoms with van der Waals surface area (Å²) in [5.74, 6) is -4.18. The lowest BCUT2D eigenvalue weighted by molar-refractivity contribution is -0.145. The second-order valence-electron chi connectivity index (χ2n) is 8.23. The Balaban J connectivity index is 0.000000343. The van der Waals surface area contributed by atoms with Gasteiger partial charge >= 0.3 is 17.9 Å². The topological polar surface area (TPSA) is 117 Å². The summed E-state index contributed by atoms with van der Waals surface area (Å²) < 4.78 is 20.4. The van der Waals surface area contributed by atoms with Gasteiger partial charge in [-0.2, -0.15) is 0 Å². The van der Waals surface area contributed by atoms with Crippen LogP contribution in [-0.4, -0.2) is 71.5 Å². The zero-order valence-corrected chi connectivity index (χ0v) is 17.4. The van der Waals surface area contributed by atoms with Crippen LogP contribution in [0.15, 0.2) is 23.8 Å².